The molecule has 10 N–H and O–H groups in total. The van der Waals surface area contributed by atoms with Gasteiger partial charge in [0.2, 0.25) is 23.6 Å². The lowest BCUT2D eigenvalue weighted by Gasteiger charge is -2.26. The molecule has 1 aliphatic rings. The molecule has 3 rings (SSSR count). The topological polar surface area (TPSA) is 247 Å². The number of epoxide rings is 1. The van der Waals surface area contributed by atoms with Gasteiger partial charge in [0.15, 0.2) is 5.78 Å². The number of hydrogen-bond acceptors (Lipinski definition) is 10. The summed E-state index contributed by atoms with van der Waals surface area (Å²) >= 11 is 0. The van der Waals surface area contributed by atoms with Gasteiger partial charge < -0.3 is 47.9 Å². The number of carbonyl (C=O) groups is 6. The van der Waals surface area contributed by atoms with Crippen molar-refractivity contribution in [1.29, 1.82) is 0 Å². The van der Waals surface area contributed by atoms with Gasteiger partial charge in [0.05, 0.1) is 18.8 Å². The van der Waals surface area contributed by atoms with E-state index in [1.165, 1.54) is 20.8 Å². The highest BCUT2D eigenvalue weighted by Gasteiger charge is 2.36. The first-order chi connectivity index (χ1) is 24.2. The number of aliphatic hydroxyl groups is 1. The van der Waals surface area contributed by atoms with Crippen LogP contribution in [0.3, 0.4) is 0 Å². The first kappa shape index (κ1) is 40.7. The van der Waals surface area contributed by atoms with Crippen LogP contribution >= 0.6 is 0 Å². The van der Waals surface area contributed by atoms with Crippen molar-refractivity contribution in [1.82, 2.24) is 26.6 Å². The molecule has 0 saturated carbocycles. The molecule has 1 unspecified atom stereocenters. The summed E-state index contributed by atoms with van der Waals surface area (Å²) in [7, 11) is 0. The van der Waals surface area contributed by atoms with Gasteiger partial charge in [-0.1, -0.05) is 42.0 Å². The molecular formula is C36H51N7O8. The third-order valence-corrected chi connectivity index (χ3v) is 8.44. The maximum Gasteiger partial charge on any atom is 0.251 e. The van der Waals surface area contributed by atoms with Gasteiger partial charge in [-0.2, -0.15) is 0 Å². The van der Waals surface area contributed by atoms with Crippen LogP contribution < -0.4 is 38.1 Å². The molecule has 0 bridgehead atoms. The molecule has 15 nitrogen and oxygen atoms in total. The molecule has 1 fully saturated rings. The Morgan fingerprint density at radius 2 is 1.25 bits per heavy atom. The summed E-state index contributed by atoms with van der Waals surface area (Å²) in [5.74, 6) is -3.74. The zero-order valence-electron chi connectivity index (χ0n) is 29.6. The van der Waals surface area contributed by atoms with Crippen molar-refractivity contribution in [2.45, 2.75) is 95.8 Å². The van der Waals surface area contributed by atoms with Gasteiger partial charge in [-0.25, -0.2) is 0 Å². The number of nitrogens with two attached hydrogens (primary N) is 2. The van der Waals surface area contributed by atoms with E-state index in [1.54, 1.807) is 24.3 Å². The molecule has 0 spiro atoms. The lowest BCUT2D eigenvalue weighted by atomic mass is 10.0. The minimum Gasteiger partial charge on any atom is -0.391 e. The Kier molecular flexibility index (Phi) is 15.7. The van der Waals surface area contributed by atoms with Crippen molar-refractivity contribution >= 4 is 35.3 Å². The van der Waals surface area contributed by atoms with E-state index < -0.39 is 72.0 Å². The number of hydrogen-bond donors (Lipinski definition) is 8. The largest absolute Gasteiger partial charge is 0.391 e. The van der Waals surface area contributed by atoms with E-state index in [0.29, 0.717) is 31.6 Å². The van der Waals surface area contributed by atoms with E-state index in [4.69, 9.17) is 16.2 Å². The highest BCUT2D eigenvalue weighted by molar-refractivity contribution is 5.99. The predicted molar refractivity (Wildman–Crippen MR) is 190 cm³/mol. The Morgan fingerprint density at radius 3 is 1.80 bits per heavy atom. The fraction of sp³-hybridized carbons (Fsp3) is 0.500. The minimum absolute atomic E-state index is 0.0365. The Hall–Kier alpha value is -4.70. The molecule has 1 saturated heterocycles. The molecule has 278 valence electrons. The zero-order valence-corrected chi connectivity index (χ0v) is 29.6. The average molecular weight is 710 g/mol. The number of unbranched alkanes of at least 4 members (excludes halogenated alkanes) is 1. The zero-order chi connectivity index (χ0) is 37.7. The highest BCUT2D eigenvalue weighted by Crippen LogP contribution is 2.20. The van der Waals surface area contributed by atoms with E-state index in [1.807, 2.05) is 31.2 Å². The van der Waals surface area contributed by atoms with Crippen molar-refractivity contribution in [3.8, 4) is 11.1 Å². The number of ketones is 1. The standard InChI is InChI=1S/C36H51N7O8/c1-20-8-10-24(11-9-20)25-12-14-26(15-13-25)33(47)42-28(16-18-38)35(49)43-30(23(4)44)36(50)40-22(3)32(46)41-27(7-5-6-17-37)34(48)39-21(2)31(45)29-19-51-29/h8-15,21-23,27-30,44H,5-7,16-19,37-38H2,1-4H3,(H,39,48)(H,40,50)(H,41,46)(H,42,47)(H,43,49)/t21-,22-,23+,27-,28-,29?,30-/m0/s1. The van der Waals surface area contributed by atoms with Crippen LogP contribution in [0.5, 0.6) is 0 Å². The van der Waals surface area contributed by atoms with Crippen LogP contribution in [-0.2, 0) is 28.7 Å². The van der Waals surface area contributed by atoms with Crippen LogP contribution in [0, 0.1) is 6.92 Å². The third-order valence-electron chi connectivity index (χ3n) is 8.44. The fourth-order valence-electron chi connectivity index (χ4n) is 5.20. The van der Waals surface area contributed by atoms with E-state index in [-0.39, 0.29) is 25.2 Å². The Bertz CT molecular complexity index is 1510. The van der Waals surface area contributed by atoms with Crippen LogP contribution in [0.2, 0.25) is 0 Å². The molecule has 1 aliphatic heterocycles. The van der Waals surface area contributed by atoms with Gasteiger partial charge in [0.25, 0.3) is 5.91 Å². The molecule has 5 amide bonds. The van der Waals surface area contributed by atoms with Crippen molar-refractivity contribution in [2.24, 2.45) is 11.5 Å². The monoisotopic (exact) mass is 709 g/mol. The summed E-state index contributed by atoms with van der Waals surface area (Å²) in [6.07, 6.45) is -0.563. The molecule has 0 radical (unpaired) electrons. The second kappa shape index (κ2) is 19.6. The maximum atomic E-state index is 13.3. The normalized spacial score (nSPS) is 17.0. The molecule has 2 aromatic carbocycles. The van der Waals surface area contributed by atoms with Crippen molar-refractivity contribution in [2.75, 3.05) is 19.7 Å². The third kappa shape index (κ3) is 12.5. The molecule has 2 aromatic rings. The van der Waals surface area contributed by atoms with Gasteiger partial charge in [0, 0.05) is 5.56 Å². The number of carbonyl (C=O) groups excluding carboxylic acids is 6. The second-order valence-corrected chi connectivity index (χ2v) is 12.8. The number of Topliss-reactive ketones (excluding diaryl/α,β-unsaturated/α-hetero) is 1. The smallest absolute Gasteiger partial charge is 0.251 e. The van der Waals surface area contributed by atoms with E-state index in [0.717, 1.165) is 16.7 Å². The van der Waals surface area contributed by atoms with E-state index in [9.17, 15) is 33.9 Å². The lowest BCUT2D eigenvalue weighted by molar-refractivity contribution is -0.135. The van der Waals surface area contributed by atoms with Crippen LogP contribution in [0.4, 0.5) is 0 Å². The summed E-state index contributed by atoms with van der Waals surface area (Å²) in [5, 5.41) is 23.2. The number of ether oxygens (including phenoxy) is 1. The average Bonchev–Trinajstić information content (AvgIpc) is 3.95. The number of amides is 5. The number of aryl methyl sites for hydroxylation is 1. The van der Waals surface area contributed by atoms with Gasteiger partial charge >= 0.3 is 0 Å². The summed E-state index contributed by atoms with van der Waals surface area (Å²) in [6.45, 7) is 6.90. The van der Waals surface area contributed by atoms with E-state index in [2.05, 4.69) is 26.6 Å². The van der Waals surface area contributed by atoms with Crippen LogP contribution in [0.1, 0.15) is 62.4 Å². The molecule has 7 atom stereocenters. The molecule has 51 heavy (non-hydrogen) atoms. The summed E-state index contributed by atoms with van der Waals surface area (Å²) in [4.78, 5) is 78.0. The quantitative estimate of drug-likeness (QED) is 0.0651. The maximum absolute atomic E-state index is 13.3. The van der Waals surface area contributed by atoms with Crippen molar-refractivity contribution in [3.05, 3.63) is 59.7 Å². The van der Waals surface area contributed by atoms with E-state index >= 15 is 0 Å². The lowest BCUT2D eigenvalue weighted by Crippen LogP contribution is -2.60. The first-order valence-electron chi connectivity index (χ1n) is 17.2. The first-order valence-corrected chi connectivity index (χ1v) is 17.2. The molecule has 15 heteroatoms. The van der Waals surface area contributed by atoms with Crippen LogP contribution in [0.15, 0.2) is 48.5 Å². The molecule has 0 aliphatic carbocycles. The number of rotatable bonds is 20. The SMILES string of the molecule is Cc1ccc(-c2ccc(C(=O)N[C@@H](CCN)C(=O)N[C@H](C(=O)N[C@@H](C)C(=O)N[C@@H](CCCCN)C(=O)N[C@@H](C)C(=O)C3CO3)[C@@H](C)O)cc2)cc1. The van der Waals surface area contributed by atoms with Crippen molar-refractivity contribution in [3.63, 3.8) is 0 Å². The van der Waals surface area contributed by atoms with Crippen LogP contribution in [-0.4, -0.2) is 103 Å². The Labute approximate surface area is 298 Å². The molecule has 1 heterocycles. The number of aliphatic hydroxyl groups excluding tert-OH is 1. The van der Waals surface area contributed by atoms with Gasteiger partial charge in [0.1, 0.15) is 30.3 Å². The number of nitrogens with one attached hydrogen (secondary N) is 5. The van der Waals surface area contributed by atoms with Crippen LogP contribution in [0.25, 0.3) is 11.1 Å². The van der Waals surface area contributed by atoms with Gasteiger partial charge in [-0.05, 0) is 89.7 Å². The Balaban J connectivity index is 1.61. The highest BCUT2D eigenvalue weighted by atomic mass is 16.6. The fourth-order valence-corrected chi connectivity index (χ4v) is 5.20. The predicted octanol–water partition coefficient (Wildman–Crippen LogP) is -0.434. The number of benzene rings is 2. The van der Waals surface area contributed by atoms with Gasteiger partial charge in [-0.3, -0.25) is 28.8 Å². The summed E-state index contributed by atoms with van der Waals surface area (Å²) < 4.78 is 4.99. The summed E-state index contributed by atoms with van der Waals surface area (Å²) in [6, 6.07) is 9.11. The summed E-state index contributed by atoms with van der Waals surface area (Å²) in [5.41, 5.74) is 14.6. The van der Waals surface area contributed by atoms with Crippen molar-refractivity contribution < 1.29 is 38.6 Å². The Morgan fingerprint density at radius 1 is 0.706 bits per heavy atom. The second-order valence-electron chi connectivity index (χ2n) is 12.8. The molecule has 0 aromatic heterocycles. The van der Waals surface area contributed by atoms with Gasteiger partial charge in [-0.15, -0.1) is 0 Å². The minimum atomic E-state index is -1.50. The molecular weight excluding hydrogens is 658 g/mol.